The third-order valence-corrected chi connectivity index (χ3v) is 4.07. The first-order chi connectivity index (χ1) is 10.8. The maximum atomic E-state index is 11.3. The highest BCUT2D eigenvalue weighted by Gasteiger charge is 2.10. The van der Waals surface area contributed by atoms with E-state index in [0.717, 1.165) is 18.6 Å². The molecule has 0 bridgehead atoms. The second-order valence-electron chi connectivity index (χ2n) is 6.04. The van der Waals surface area contributed by atoms with E-state index in [1.165, 1.54) is 71.3 Å². The molecular weight excluding hydrogens is 276 g/mol. The van der Waals surface area contributed by atoms with Gasteiger partial charge in [0, 0.05) is 6.42 Å². The van der Waals surface area contributed by atoms with E-state index in [1.807, 2.05) is 6.07 Å². The Hall–Kier alpha value is -1.25. The van der Waals surface area contributed by atoms with Crippen LogP contribution in [0.3, 0.4) is 0 Å². The van der Waals surface area contributed by atoms with E-state index < -0.39 is 5.97 Å². The van der Waals surface area contributed by atoms with Gasteiger partial charge in [-0.1, -0.05) is 71.1 Å². The Kier molecular flexibility index (Phi) is 10.5. The summed E-state index contributed by atoms with van der Waals surface area (Å²) in [5.74, 6) is 0.794. The highest BCUT2D eigenvalue weighted by molar-refractivity contribution is 5.86. The molecule has 126 valence electrons. The van der Waals surface area contributed by atoms with Crippen molar-refractivity contribution in [3.8, 4) is 0 Å². The van der Waals surface area contributed by atoms with Crippen LogP contribution in [0.15, 0.2) is 16.5 Å². The Morgan fingerprint density at radius 1 is 0.909 bits per heavy atom. The molecule has 0 unspecified atom stereocenters. The predicted molar refractivity (Wildman–Crippen MR) is 90.2 cm³/mol. The fourth-order valence-electron chi connectivity index (χ4n) is 2.69. The van der Waals surface area contributed by atoms with Gasteiger partial charge in [0.15, 0.2) is 0 Å². The number of carbonyl (C=O) groups is 1. The number of aryl methyl sites for hydroxylation is 1. The third kappa shape index (κ3) is 8.26. The molecule has 3 nitrogen and oxygen atoms in total. The first-order valence-electron chi connectivity index (χ1n) is 8.95. The van der Waals surface area contributed by atoms with Crippen LogP contribution in [0.4, 0.5) is 0 Å². The molecule has 0 saturated carbocycles. The van der Waals surface area contributed by atoms with Gasteiger partial charge in [-0.2, -0.15) is 0 Å². The van der Waals surface area contributed by atoms with Crippen molar-refractivity contribution in [2.75, 3.05) is 7.11 Å². The van der Waals surface area contributed by atoms with Gasteiger partial charge in [-0.15, -0.1) is 0 Å². The number of hydrogen-bond donors (Lipinski definition) is 0. The van der Waals surface area contributed by atoms with Crippen molar-refractivity contribution in [1.82, 2.24) is 0 Å². The maximum Gasteiger partial charge on any atom is 0.373 e. The predicted octanol–water partition coefficient (Wildman–Crippen LogP) is 5.92. The molecule has 22 heavy (non-hydrogen) atoms. The van der Waals surface area contributed by atoms with Crippen LogP contribution in [0.25, 0.3) is 0 Å². The Bertz CT molecular complexity index is 395. The Balaban J connectivity index is 1.93. The van der Waals surface area contributed by atoms with Gasteiger partial charge in [0.05, 0.1) is 7.11 Å². The molecule has 0 atom stereocenters. The third-order valence-electron chi connectivity index (χ3n) is 4.07. The largest absolute Gasteiger partial charge is 0.463 e. The molecule has 3 heteroatoms. The van der Waals surface area contributed by atoms with Gasteiger partial charge in [-0.25, -0.2) is 4.79 Å². The topological polar surface area (TPSA) is 39.4 Å². The zero-order chi connectivity index (χ0) is 16.0. The molecule has 1 aromatic heterocycles. The molecule has 0 aliphatic heterocycles. The van der Waals surface area contributed by atoms with E-state index in [1.54, 1.807) is 6.07 Å². The number of methoxy groups -OCH3 is 1. The second kappa shape index (κ2) is 12.3. The summed E-state index contributed by atoms with van der Waals surface area (Å²) in [6, 6.07) is 3.57. The first-order valence-corrected chi connectivity index (χ1v) is 8.95. The summed E-state index contributed by atoms with van der Waals surface area (Å²) in [5, 5.41) is 0. The molecule has 0 fully saturated rings. The number of unbranched alkanes of at least 4 members (excludes halogenated alkanes) is 10. The average Bonchev–Trinajstić information content (AvgIpc) is 3.00. The minimum Gasteiger partial charge on any atom is -0.463 e. The molecule has 0 N–H and O–H groups in total. The molecule has 1 aromatic rings. The molecule has 0 radical (unpaired) electrons. The van der Waals surface area contributed by atoms with E-state index in [-0.39, 0.29) is 0 Å². The van der Waals surface area contributed by atoms with E-state index >= 15 is 0 Å². The summed E-state index contributed by atoms with van der Waals surface area (Å²) in [5.41, 5.74) is 0. The lowest BCUT2D eigenvalue weighted by atomic mass is 10.1. The summed E-state index contributed by atoms with van der Waals surface area (Å²) in [6.07, 6.45) is 15.7. The van der Waals surface area contributed by atoms with Crippen LogP contribution in [0.1, 0.15) is 93.9 Å². The van der Waals surface area contributed by atoms with Gasteiger partial charge in [0.2, 0.25) is 5.76 Å². The van der Waals surface area contributed by atoms with Crippen molar-refractivity contribution in [3.63, 3.8) is 0 Å². The van der Waals surface area contributed by atoms with Crippen LogP contribution in [-0.4, -0.2) is 13.1 Å². The van der Waals surface area contributed by atoms with Crippen LogP contribution in [0, 0.1) is 0 Å². The minimum atomic E-state index is -0.398. The lowest BCUT2D eigenvalue weighted by molar-refractivity contribution is 0.0563. The van der Waals surface area contributed by atoms with Gasteiger partial charge in [-0.3, -0.25) is 0 Å². The van der Waals surface area contributed by atoms with E-state index in [0.29, 0.717) is 5.76 Å². The molecular formula is C19H32O3. The van der Waals surface area contributed by atoms with Crippen LogP contribution in [-0.2, 0) is 11.2 Å². The molecule has 0 aliphatic rings. The van der Waals surface area contributed by atoms with Crippen LogP contribution in [0.5, 0.6) is 0 Å². The number of carbonyl (C=O) groups excluding carboxylic acids is 1. The maximum absolute atomic E-state index is 11.3. The zero-order valence-electron chi connectivity index (χ0n) is 14.4. The highest BCUT2D eigenvalue weighted by Crippen LogP contribution is 2.15. The van der Waals surface area contributed by atoms with Crippen molar-refractivity contribution in [1.29, 1.82) is 0 Å². The number of furan rings is 1. The molecule has 1 heterocycles. The SMILES string of the molecule is CCCCCCCCCCCCCc1ccc(C(=O)OC)o1. The molecule has 0 aromatic carbocycles. The summed E-state index contributed by atoms with van der Waals surface area (Å²) < 4.78 is 10.1. The minimum absolute atomic E-state index is 0.306. The normalized spacial score (nSPS) is 10.8. The molecule has 0 amide bonds. The summed E-state index contributed by atoms with van der Waals surface area (Å²) >= 11 is 0. The number of esters is 1. The highest BCUT2D eigenvalue weighted by atomic mass is 16.5. The van der Waals surface area contributed by atoms with Crippen LogP contribution >= 0.6 is 0 Å². The summed E-state index contributed by atoms with van der Waals surface area (Å²) in [6.45, 7) is 2.26. The first kappa shape index (κ1) is 18.8. The zero-order valence-corrected chi connectivity index (χ0v) is 14.4. The fraction of sp³-hybridized carbons (Fsp3) is 0.737. The van der Waals surface area contributed by atoms with Crippen molar-refractivity contribution in [2.24, 2.45) is 0 Å². The van der Waals surface area contributed by atoms with Gasteiger partial charge in [0.1, 0.15) is 5.76 Å². The van der Waals surface area contributed by atoms with Crippen molar-refractivity contribution < 1.29 is 13.9 Å². The van der Waals surface area contributed by atoms with Gasteiger partial charge in [-0.05, 0) is 18.6 Å². The van der Waals surface area contributed by atoms with Crippen molar-refractivity contribution in [3.05, 3.63) is 23.7 Å². The Morgan fingerprint density at radius 3 is 2.00 bits per heavy atom. The smallest absolute Gasteiger partial charge is 0.373 e. The van der Waals surface area contributed by atoms with Crippen LogP contribution in [0.2, 0.25) is 0 Å². The van der Waals surface area contributed by atoms with E-state index in [2.05, 4.69) is 11.7 Å². The molecule has 0 aliphatic carbocycles. The second-order valence-corrected chi connectivity index (χ2v) is 6.04. The molecule has 0 saturated heterocycles. The lowest BCUT2D eigenvalue weighted by Crippen LogP contribution is -1.98. The van der Waals surface area contributed by atoms with Gasteiger partial charge < -0.3 is 9.15 Å². The summed E-state index contributed by atoms with van der Waals surface area (Å²) in [4.78, 5) is 11.3. The van der Waals surface area contributed by atoms with Crippen molar-refractivity contribution >= 4 is 5.97 Å². The van der Waals surface area contributed by atoms with Gasteiger partial charge >= 0.3 is 5.97 Å². The lowest BCUT2D eigenvalue weighted by Gasteiger charge is -2.02. The standard InChI is InChI=1S/C19H32O3/c1-3-4-5-6-7-8-9-10-11-12-13-14-17-15-16-18(22-17)19(20)21-2/h15-16H,3-14H2,1-2H3. The van der Waals surface area contributed by atoms with E-state index in [9.17, 15) is 4.79 Å². The number of hydrogen-bond acceptors (Lipinski definition) is 3. The molecule has 1 rings (SSSR count). The summed E-state index contributed by atoms with van der Waals surface area (Å²) in [7, 11) is 1.37. The number of rotatable bonds is 13. The number of ether oxygens (including phenoxy) is 1. The quantitative estimate of drug-likeness (QED) is 0.335. The van der Waals surface area contributed by atoms with Gasteiger partial charge in [0.25, 0.3) is 0 Å². The fourth-order valence-corrected chi connectivity index (χ4v) is 2.69. The average molecular weight is 308 g/mol. The van der Waals surface area contributed by atoms with Crippen molar-refractivity contribution in [2.45, 2.75) is 84.0 Å². The molecule has 0 spiro atoms. The monoisotopic (exact) mass is 308 g/mol. The Morgan fingerprint density at radius 2 is 1.45 bits per heavy atom. The van der Waals surface area contributed by atoms with Crippen LogP contribution < -0.4 is 0 Å². The Labute approximate surface area is 135 Å². The van der Waals surface area contributed by atoms with E-state index in [4.69, 9.17) is 4.42 Å².